The molecular formula is C23H25N3O5. The van der Waals surface area contributed by atoms with Crippen molar-refractivity contribution in [2.75, 3.05) is 13.7 Å². The van der Waals surface area contributed by atoms with Gasteiger partial charge in [-0.2, -0.15) is 0 Å². The molecule has 2 aromatic carbocycles. The van der Waals surface area contributed by atoms with Crippen LogP contribution in [-0.4, -0.2) is 45.9 Å². The molecule has 0 saturated heterocycles. The minimum absolute atomic E-state index is 0.0753. The lowest BCUT2D eigenvalue weighted by atomic mass is 10.1. The maximum absolute atomic E-state index is 11.1. The smallest absolute Gasteiger partial charge is 0.320 e. The molecule has 0 aliphatic rings. The van der Waals surface area contributed by atoms with Gasteiger partial charge in [0.15, 0.2) is 0 Å². The number of methoxy groups -OCH3 is 1. The number of nitrogens with two attached hydrogens (primary N) is 1. The second kappa shape index (κ2) is 8.81. The van der Waals surface area contributed by atoms with E-state index in [1.54, 1.807) is 13.3 Å². The van der Waals surface area contributed by atoms with Crippen molar-refractivity contribution < 1.29 is 24.5 Å². The molecule has 0 bridgehead atoms. The molecule has 0 aliphatic heterocycles. The van der Waals surface area contributed by atoms with Crippen LogP contribution in [0.5, 0.6) is 5.75 Å². The number of aliphatic hydroxyl groups excluding tert-OH is 1. The van der Waals surface area contributed by atoms with Gasteiger partial charge in [0.25, 0.3) is 0 Å². The molecule has 8 nitrogen and oxygen atoms in total. The predicted molar refractivity (Wildman–Crippen MR) is 117 cm³/mol. The first-order valence-electron chi connectivity index (χ1n) is 9.98. The van der Waals surface area contributed by atoms with E-state index in [9.17, 15) is 9.90 Å². The van der Waals surface area contributed by atoms with Gasteiger partial charge in [-0.05, 0) is 47.9 Å². The number of hydrogen-bond acceptors (Lipinski definition) is 5. The zero-order valence-electron chi connectivity index (χ0n) is 17.1. The molecule has 2 heterocycles. The average Bonchev–Trinajstić information content (AvgIpc) is 3.36. The second-order valence-corrected chi connectivity index (χ2v) is 7.45. The molecule has 162 valence electrons. The number of aliphatic hydroxyl groups is 1. The number of rotatable bonds is 9. The van der Waals surface area contributed by atoms with Crippen LogP contribution < -0.4 is 10.5 Å². The molecule has 4 rings (SSSR count). The third kappa shape index (κ3) is 4.27. The molecule has 2 aromatic heterocycles. The Morgan fingerprint density at radius 3 is 2.42 bits per heavy atom. The van der Waals surface area contributed by atoms with Crippen LogP contribution in [0.1, 0.15) is 23.0 Å². The summed E-state index contributed by atoms with van der Waals surface area (Å²) >= 11 is 0. The summed E-state index contributed by atoms with van der Waals surface area (Å²) in [7, 11) is 1.58. The number of H-pyrrole nitrogens is 2. The highest BCUT2D eigenvalue weighted by Gasteiger charge is 2.18. The number of nitrogens with one attached hydrogen (secondary N) is 2. The monoisotopic (exact) mass is 423 g/mol. The number of carbonyl (C=O) groups is 1. The van der Waals surface area contributed by atoms with E-state index < -0.39 is 18.3 Å². The van der Waals surface area contributed by atoms with Gasteiger partial charge in [0.2, 0.25) is 6.29 Å². The van der Waals surface area contributed by atoms with E-state index in [2.05, 4.69) is 9.97 Å². The lowest BCUT2D eigenvalue weighted by Gasteiger charge is -2.18. The van der Waals surface area contributed by atoms with E-state index in [-0.39, 0.29) is 13.0 Å². The molecule has 31 heavy (non-hydrogen) atoms. The Morgan fingerprint density at radius 2 is 1.74 bits per heavy atom. The zero-order chi connectivity index (χ0) is 22.0. The Morgan fingerprint density at radius 1 is 1.06 bits per heavy atom. The summed E-state index contributed by atoms with van der Waals surface area (Å²) in [4.78, 5) is 17.5. The topological polar surface area (TPSA) is 134 Å². The van der Waals surface area contributed by atoms with Gasteiger partial charge in [0.1, 0.15) is 11.8 Å². The molecule has 0 spiro atoms. The van der Waals surface area contributed by atoms with Crippen LogP contribution in [0.15, 0.2) is 48.8 Å². The minimum atomic E-state index is -1.04. The van der Waals surface area contributed by atoms with Gasteiger partial charge in [-0.3, -0.25) is 4.79 Å². The van der Waals surface area contributed by atoms with E-state index in [4.69, 9.17) is 20.3 Å². The Hall–Kier alpha value is -3.33. The summed E-state index contributed by atoms with van der Waals surface area (Å²) < 4.78 is 11.7. The highest BCUT2D eigenvalue weighted by Crippen LogP contribution is 2.30. The van der Waals surface area contributed by atoms with Crippen molar-refractivity contribution in [3.05, 3.63) is 65.5 Å². The highest BCUT2D eigenvalue weighted by atomic mass is 16.7. The molecule has 0 radical (unpaired) electrons. The maximum Gasteiger partial charge on any atom is 0.320 e. The molecule has 1 unspecified atom stereocenters. The summed E-state index contributed by atoms with van der Waals surface area (Å²) in [6.45, 7) is 0.0753. The van der Waals surface area contributed by atoms with Gasteiger partial charge < -0.3 is 35.4 Å². The minimum Gasteiger partial charge on any atom is -0.480 e. The maximum atomic E-state index is 11.1. The van der Waals surface area contributed by atoms with Crippen molar-refractivity contribution >= 4 is 27.8 Å². The van der Waals surface area contributed by atoms with E-state index in [1.165, 1.54) is 0 Å². The first kappa shape index (κ1) is 20.9. The Labute approximate surface area is 178 Å². The number of aromatic amines is 2. The molecule has 2 atom stereocenters. The standard InChI is InChI=1S/C23H25N3O5/c1-30-23(13-2-4-20-17(8-13)14(6-7-27)11-25-20)31-16-3-5-21-18(10-16)15(12-26-21)9-19(24)22(28)29/h2-5,8,10-12,19,23,25-27H,6-7,9,24H2,1H3,(H,28,29)/t19-,23?/m0/s1. The van der Waals surface area contributed by atoms with Gasteiger partial charge in [-0.1, -0.05) is 6.07 Å². The summed E-state index contributed by atoms with van der Waals surface area (Å²) in [5.74, 6) is -0.448. The molecule has 4 aromatic rings. The number of ether oxygens (including phenoxy) is 2. The molecule has 0 fully saturated rings. The van der Waals surface area contributed by atoms with Crippen LogP contribution in [0.4, 0.5) is 0 Å². The largest absolute Gasteiger partial charge is 0.480 e. The fraction of sp³-hybridized carbons (Fsp3) is 0.261. The van der Waals surface area contributed by atoms with Gasteiger partial charge in [0.05, 0.1) is 0 Å². The Kier molecular flexibility index (Phi) is 5.94. The van der Waals surface area contributed by atoms with Crippen LogP contribution in [0.3, 0.4) is 0 Å². The number of carboxylic acids is 1. The van der Waals surface area contributed by atoms with Crippen molar-refractivity contribution in [1.82, 2.24) is 9.97 Å². The lowest BCUT2D eigenvalue weighted by molar-refractivity contribution is -0.138. The summed E-state index contributed by atoms with van der Waals surface area (Å²) in [6, 6.07) is 10.5. The number of aliphatic carboxylic acids is 1. The zero-order valence-corrected chi connectivity index (χ0v) is 17.1. The molecule has 8 heteroatoms. The van der Waals surface area contributed by atoms with E-state index >= 15 is 0 Å². The average molecular weight is 423 g/mol. The summed E-state index contributed by atoms with van der Waals surface area (Å²) in [5, 5.41) is 20.3. The predicted octanol–water partition coefficient (Wildman–Crippen LogP) is 2.86. The van der Waals surface area contributed by atoms with Gasteiger partial charge in [-0.25, -0.2) is 0 Å². The fourth-order valence-corrected chi connectivity index (χ4v) is 3.77. The fourth-order valence-electron chi connectivity index (χ4n) is 3.77. The third-order valence-corrected chi connectivity index (χ3v) is 5.40. The van der Waals surface area contributed by atoms with Gasteiger partial charge in [-0.15, -0.1) is 0 Å². The van der Waals surface area contributed by atoms with Crippen LogP contribution in [0, 0.1) is 0 Å². The summed E-state index contributed by atoms with van der Waals surface area (Å²) in [6.07, 6.45) is 3.81. The van der Waals surface area contributed by atoms with Crippen molar-refractivity contribution in [1.29, 1.82) is 0 Å². The number of benzene rings is 2. The second-order valence-electron chi connectivity index (χ2n) is 7.45. The van der Waals surface area contributed by atoms with Gasteiger partial charge in [0, 0.05) is 59.9 Å². The van der Waals surface area contributed by atoms with Crippen molar-refractivity contribution in [3.8, 4) is 5.75 Å². The number of hydrogen-bond donors (Lipinski definition) is 5. The normalized spacial score (nSPS) is 13.5. The van der Waals surface area contributed by atoms with E-state index in [0.717, 1.165) is 38.5 Å². The third-order valence-electron chi connectivity index (χ3n) is 5.40. The van der Waals surface area contributed by atoms with Crippen molar-refractivity contribution in [3.63, 3.8) is 0 Å². The Balaban J connectivity index is 1.61. The number of aromatic nitrogens is 2. The van der Waals surface area contributed by atoms with Crippen LogP contribution in [0.2, 0.25) is 0 Å². The number of fused-ring (bicyclic) bond motifs is 2. The lowest BCUT2D eigenvalue weighted by Crippen LogP contribution is -2.32. The van der Waals surface area contributed by atoms with Crippen LogP contribution in [0.25, 0.3) is 21.8 Å². The summed E-state index contributed by atoms with van der Waals surface area (Å²) in [5.41, 5.74) is 10.2. The molecular weight excluding hydrogens is 398 g/mol. The first-order chi connectivity index (χ1) is 15.0. The first-order valence-corrected chi connectivity index (χ1v) is 9.98. The van der Waals surface area contributed by atoms with E-state index in [1.807, 2.05) is 42.6 Å². The van der Waals surface area contributed by atoms with Crippen LogP contribution >= 0.6 is 0 Å². The van der Waals surface area contributed by atoms with Crippen LogP contribution in [-0.2, 0) is 22.4 Å². The van der Waals surface area contributed by atoms with E-state index in [0.29, 0.717) is 12.2 Å². The SMILES string of the molecule is COC(Oc1ccc2[nH]cc(C[C@H](N)C(=O)O)c2c1)c1ccc2[nH]cc(CCO)c2c1. The number of carboxylic acid groups (broad SMARTS) is 1. The van der Waals surface area contributed by atoms with Crippen molar-refractivity contribution in [2.45, 2.75) is 25.2 Å². The molecule has 6 N–H and O–H groups in total. The molecule has 0 aliphatic carbocycles. The van der Waals surface area contributed by atoms with Crippen molar-refractivity contribution in [2.24, 2.45) is 5.73 Å². The molecule has 0 saturated carbocycles. The highest BCUT2D eigenvalue weighted by molar-refractivity contribution is 5.86. The Bertz CT molecular complexity index is 1210. The van der Waals surface area contributed by atoms with Gasteiger partial charge >= 0.3 is 5.97 Å². The molecule has 0 amide bonds. The quantitative estimate of drug-likeness (QED) is 0.263.